The lowest BCUT2D eigenvalue weighted by Gasteiger charge is -2.15. The molecule has 108 valence electrons. The highest BCUT2D eigenvalue weighted by Crippen LogP contribution is 1.95. The van der Waals surface area contributed by atoms with E-state index in [0.717, 1.165) is 5.06 Å². The minimum absolute atomic E-state index is 0.0195. The van der Waals surface area contributed by atoms with Crippen molar-refractivity contribution in [2.45, 2.75) is 19.3 Å². The lowest BCUT2D eigenvalue weighted by atomic mass is 10.2. The number of hydrogen-bond donors (Lipinski definition) is 1. The molecular formula is C11H17BrN2O5. The summed E-state index contributed by atoms with van der Waals surface area (Å²) in [6.07, 6.45) is 0.980. The van der Waals surface area contributed by atoms with E-state index in [0.29, 0.717) is 6.29 Å². The van der Waals surface area contributed by atoms with Crippen molar-refractivity contribution in [1.29, 1.82) is 0 Å². The molecule has 0 bridgehead atoms. The molecule has 1 amide bonds. The van der Waals surface area contributed by atoms with E-state index in [9.17, 15) is 19.2 Å². The lowest BCUT2D eigenvalue weighted by molar-refractivity contribution is -0.184. The summed E-state index contributed by atoms with van der Waals surface area (Å²) in [6, 6.07) is 0. The van der Waals surface area contributed by atoms with Crippen LogP contribution in [-0.4, -0.2) is 54.5 Å². The summed E-state index contributed by atoms with van der Waals surface area (Å²) in [7, 11) is 1.45. The molecule has 19 heavy (non-hydrogen) atoms. The van der Waals surface area contributed by atoms with Crippen LogP contribution in [0.2, 0.25) is 0 Å². The third kappa shape index (κ3) is 10.3. The molecule has 0 radical (unpaired) electrons. The van der Waals surface area contributed by atoms with Gasteiger partial charge in [-0.15, -0.1) is 5.06 Å². The van der Waals surface area contributed by atoms with Gasteiger partial charge in [0.25, 0.3) is 0 Å². The number of ketones is 1. The average molecular weight is 337 g/mol. The molecule has 8 heteroatoms. The van der Waals surface area contributed by atoms with Crippen LogP contribution in [0.4, 0.5) is 0 Å². The molecule has 0 aromatic heterocycles. The number of Topliss-reactive ketones (excluding diaryl/α,β-unsaturated/α-hetero) is 1. The molecule has 0 saturated carbocycles. The highest BCUT2D eigenvalue weighted by molar-refractivity contribution is 9.09. The smallest absolute Gasteiger partial charge is 0.326 e. The summed E-state index contributed by atoms with van der Waals surface area (Å²) in [4.78, 5) is 48.4. The zero-order chi connectivity index (χ0) is 14.7. The van der Waals surface area contributed by atoms with E-state index >= 15 is 0 Å². The molecule has 0 aliphatic rings. The summed E-state index contributed by atoms with van der Waals surface area (Å²) in [6.45, 7) is 0.115. The number of halogens is 1. The van der Waals surface area contributed by atoms with Gasteiger partial charge in [-0.1, -0.05) is 15.9 Å². The molecule has 0 aromatic carbocycles. The number of hydroxylamine groups is 2. The van der Waals surface area contributed by atoms with Crippen LogP contribution in [-0.2, 0) is 24.0 Å². The Labute approximate surface area is 119 Å². The fourth-order valence-electron chi connectivity index (χ4n) is 1.15. The van der Waals surface area contributed by atoms with Gasteiger partial charge in [-0.3, -0.25) is 14.4 Å². The maximum Gasteiger partial charge on any atom is 0.326 e. The van der Waals surface area contributed by atoms with Gasteiger partial charge in [-0.25, -0.2) is 0 Å². The first kappa shape index (κ1) is 17.7. The average Bonchev–Trinajstić information content (AvgIpc) is 2.35. The number of amides is 1. The van der Waals surface area contributed by atoms with Crippen molar-refractivity contribution in [3.8, 4) is 0 Å². The van der Waals surface area contributed by atoms with Gasteiger partial charge in [0.1, 0.15) is 6.29 Å². The first-order valence-corrected chi connectivity index (χ1v) is 6.81. The summed E-state index contributed by atoms with van der Waals surface area (Å²) in [5, 5.41) is 3.78. The Kier molecular flexibility index (Phi) is 9.91. The van der Waals surface area contributed by atoms with E-state index < -0.39 is 5.97 Å². The van der Waals surface area contributed by atoms with Crippen LogP contribution in [0.15, 0.2) is 0 Å². The molecule has 1 N–H and O–H groups in total. The molecule has 0 aliphatic carbocycles. The van der Waals surface area contributed by atoms with Crippen molar-refractivity contribution >= 4 is 39.9 Å². The second-order valence-corrected chi connectivity index (χ2v) is 4.29. The molecule has 0 spiro atoms. The van der Waals surface area contributed by atoms with Crippen molar-refractivity contribution in [2.75, 3.05) is 25.5 Å². The first-order valence-electron chi connectivity index (χ1n) is 5.69. The fourth-order valence-corrected chi connectivity index (χ4v) is 1.35. The van der Waals surface area contributed by atoms with Gasteiger partial charge in [0.15, 0.2) is 5.78 Å². The number of likely N-dealkylation sites (N-methyl/N-ethyl adjacent to an activating group) is 1. The highest BCUT2D eigenvalue weighted by Gasteiger charge is 2.11. The Morgan fingerprint density at radius 1 is 1.32 bits per heavy atom. The van der Waals surface area contributed by atoms with Gasteiger partial charge in [0, 0.05) is 26.4 Å². The number of aldehydes is 1. The Bertz CT molecular complexity index is 335. The van der Waals surface area contributed by atoms with Crippen LogP contribution in [0.25, 0.3) is 0 Å². The Morgan fingerprint density at radius 3 is 2.58 bits per heavy atom. The second kappa shape index (κ2) is 10.6. The van der Waals surface area contributed by atoms with Crippen LogP contribution < -0.4 is 5.32 Å². The zero-order valence-electron chi connectivity index (χ0n) is 10.7. The Morgan fingerprint density at radius 2 is 2.00 bits per heavy atom. The number of nitrogens with one attached hydrogen (secondary N) is 1. The number of carbonyl (C=O) groups is 4. The van der Waals surface area contributed by atoms with Gasteiger partial charge in [0.05, 0.1) is 18.3 Å². The molecule has 0 atom stereocenters. The molecule has 0 heterocycles. The largest absolute Gasteiger partial charge is 0.368 e. The summed E-state index contributed by atoms with van der Waals surface area (Å²) in [5.74, 6) is -0.944. The molecule has 0 rings (SSSR count). The molecule has 0 fully saturated rings. The van der Waals surface area contributed by atoms with Crippen molar-refractivity contribution in [2.24, 2.45) is 0 Å². The predicted octanol–water partition coefficient (Wildman–Crippen LogP) is -0.174. The molecule has 0 aromatic rings. The standard InChI is InChI=1S/C11H17BrN2O5/c1-14(8-9(16)3-2-6-15)19-11(18)4-5-13-10(17)7-12/h6H,2-5,7-8H2,1H3,(H,13,17). The Hall–Kier alpha value is -1.28. The van der Waals surface area contributed by atoms with Gasteiger partial charge in [0.2, 0.25) is 5.91 Å². The second-order valence-electron chi connectivity index (χ2n) is 3.73. The number of rotatable bonds is 10. The summed E-state index contributed by atoms with van der Waals surface area (Å²) < 4.78 is 0. The van der Waals surface area contributed by atoms with E-state index in [4.69, 9.17) is 4.84 Å². The zero-order valence-corrected chi connectivity index (χ0v) is 12.3. The van der Waals surface area contributed by atoms with E-state index in [1.807, 2.05) is 0 Å². The van der Waals surface area contributed by atoms with Crippen molar-refractivity contribution < 1.29 is 24.0 Å². The summed E-state index contributed by atoms with van der Waals surface area (Å²) in [5.41, 5.74) is 0. The fraction of sp³-hybridized carbons (Fsp3) is 0.636. The minimum Gasteiger partial charge on any atom is -0.368 e. The number of carbonyl (C=O) groups excluding carboxylic acids is 4. The van der Waals surface area contributed by atoms with Gasteiger partial charge in [-0.05, 0) is 0 Å². The SMILES string of the molecule is CN(CC(=O)CCC=O)OC(=O)CCNC(=O)CBr. The van der Waals surface area contributed by atoms with Gasteiger partial charge in [-0.2, -0.15) is 0 Å². The minimum atomic E-state index is -0.541. The van der Waals surface area contributed by atoms with Crippen LogP contribution in [0, 0.1) is 0 Å². The van der Waals surface area contributed by atoms with Gasteiger partial charge >= 0.3 is 5.97 Å². The van der Waals surface area contributed by atoms with Crippen LogP contribution in [0.1, 0.15) is 19.3 Å². The van der Waals surface area contributed by atoms with E-state index in [2.05, 4.69) is 21.2 Å². The number of nitrogens with zero attached hydrogens (tertiary/aromatic N) is 1. The normalized spacial score (nSPS) is 10.1. The van der Waals surface area contributed by atoms with Crippen LogP contribution >= 0.6 is 15.9 Å². The quantitative estimate of drug-likeness (QED) is 0.338. The highest BCUT2D eigenvalue weighted by atomic mass is 79.9. The van der Waals surface area contributed by atoms with Crippen molar-refractivity contribution in [1.82, 2.24) is 10.4 Å². The van der Waals surface area contributed by atoms with Crippen molar-refractivity contribution in [3.63, 3.8) is 0 Å². The monoisotopic (exact) mass is 336 g/mol. The molecule has 0 aliphatic heterocycles. The van der Waals surface area contributed by atoms with Crippen LogP contribution in [0.3, 0.4) is 0 Å². The third-order valence-electron chi connectivity index (χ3n) is 1.97. The maximum absolute atomic E-state index is 11.3. The molecular weight excluding hydrogens is 320 g/mol. The maximum atomic E-state index is 11.3. The number of hydrogen-bond acceptors (Lipinski definition) is 6. The first-order chi connectivity index (χ1) is 8.99. The van der Waals surface area contributed by atoms with Crippen molar-refractivity contribution in [3.05, 3.63) is 0 Å². The molecule has 7 nitrogen and oxygen atoms in total. The Balaban J connectivity index is 3.76. The molecule has 0 unspecified atom stereocenters. The topological polar surface area (TPSA) is 92.8 Å². The van der Waals surface area contributed by atoms with Gasteiger partial charge < -0.3 is 14.9 Å². The lowest BCUT2D eigenvalue weighted by Crippen LogP contribution is -2.31. The van der Waals surface area contributed by atoms with Crippen LogP contribution in [0.5, 0.6) is 0 Å². The van der Waals surface area contributed by atoms with E-state index in [1.165, 1.54) is 7.05 Å². The third-order valence-corrected chi connectivity index (χ3v) is 2.48. The number of alkyl halides is 1. The predicted molar refractivity (Wildman–Crippen MR) is 70.4 cm³/mol. The summed E-state index contributed by atoms with van der Waals surface area (Å²) >= 11 is 2.97. The van der Waals surface area contributed by atoms with E-state index in [-0.39, 0.29) is 49.4 Å². The van der Waals surface area contributed by atoms with E-state index in [1.54, 1.807) is 0 Å². The molecule has 0 saturated heterocycles.